The van der Waals surface area contributed by atoms with E-state index in [0.717, 1.165) is 29.5 Å². The highest BCUT2D eigenvalue weighted by molar-refractivity contribution is 6.45. The predicted molar refractivity (Wildman–Crippen MR) is 132 cm³/mol. The molecule has 0 spiro atoms. The second kappa shape index (κ2) is 8.36. The van der Waals surface area contributed by atoms with Crippen molar-refractivity contribution < 1.29 is 9.59 Å². The molecule has 2 heterocycles. The molecule has 33 heavy (non-hydrogen) atoms. The van der Waals surface area contributed by atoms with Crippen LogP contribution >= 0.6 is 0 Å². The molecule has 2 aliphatic heterocycles. The van der Waals surface area contributed by atoms with Crippen LogP contribution < -0.4 is 4.90 Å². The third-order valence-corrected chi connectivity index (χ3v) is 6.90. The molecule has 166 valence electrons. The van der Waals surface area contributed by atoms with Gasteiger partial charge in [0, 0.05) is 13.1 Å². The number of hydrogen-bond acceptors (Lipinski definition) is 3. The Hall–Kier alpha value is -3.66. The van der Waals surface area contributed by atoms with Gasteiger partial charge in [0.25, 0.3) is 11.8 Å². The standard InChI is InChI=1S/C29H28N2O2/c1-4-21-10-13-25(14-11-21)31-28(32)26(23-12-9-19(2)20(3)17-23)27(29(31)33)30-16-15-22-7-5-6-8-24(22)18-30/h5-14,17H,4,15-16,18H2,1-3H3. The lowest BCUT2D eigenvalue weighted by Crippen LogP contribution is -2.37. The Kier molecular flexibility index (Phi) is 5.37. The number of amides is 2. The average molecular weight is 437 g/mol. The van der Waals surface area contributed by atoms with Crippen molar-refractivity contribution in [3.8, 4) is 0 Å². The minimum atomic E-state index is -0.249. The zero-order valence-corrected chi connectivity index (χ0v) is 19.4. The van der Waals surface area contributed by atoms with Crippen molar-refractivity contribution in [3.05, 3.63) is 106 Å². The molecule has 5 rings (SSSR count). The van der Waals surface area contributed by atoms with Crippen LogP contribution in [0.3, 0.4) is 0 Å². The second-order valence-corrected chi connectivity index (χ2v) is 8.93. The molecule has 0 atom stereocenters. The number of carbonyl (C=O) groups excluding carboxylic acids is 2. The Morgan fingerprint density at radius 2 is 1.55 bits per heavy atom. The molecule has 0 saturated carbocycles. The molecular formula is C29H28N2O2. The summed E-state index contributed by atoms with van der Waals surface area (Å²) in [6, 6.07) is 22.1. The van der Waals surface area contributed by atoms with Crippen LogP contribution in [0.25, 0.3) is 5.57 Å². The molecule has 0 aromatic heterocycles. The van der Waals surface area contributed by atoms with Gasteiger partial charge in [-0.15, -0.1) is 0 Å². The number of aryl methyl sites for hydroxylation is 3. The van der Waals surface area contributed by atoms with Crippen molar-refractivity contribution >= 4 is 23.1 Å². The summed E-state index contributed by atoms with van der Waals surface area (Å²) in [5.41, 5.74) is 8.40. The Balaban J connectivity index is 1.62. The quantitative estimate of drug-likeness (QED) is 0.527. The zero-order valence-electron chi connectivity index (χ0n) is 19.4. The first-order valence-corrected chi connectivity index (χ1v) is 11.6. The molecule has 4 nitrogen and oxygen atoms in total. The summed E-state index contributed by atoms with van der Waals surface area (Å²) in [6.07, 6.45) is 1.76. The highest BCUT2D eigenvalue weighted by atomic mass is 16.2. The summed E-state index contributed by atoms with van der Waals surface area (Å²) in [7, 11) is 0. The van der Waals surface area contributed by atoms with Gasteiger partial charge in [-0.05, 0) is 72.2 Å². The fourth-order valence-electron chi connectivity index (χ4n) is 4.77. The lowest BCUT2D eigenvalue weighted by Gasteiger charge is -2.31. The molecule has 0 saturated heterocycles. The monoisotopic (exact) mass is 436 g/mol. The normalized spacial score (nSPS) is 16.0. The van der Waals surface area contributed by atoms with Crippen molar-refractivity contribution in [2.45, 2.75) is 40.2 Å². The Labute approximate surface area is 195 Å². The summed E-state index contributed by atoms with van der Waals surface area (Å²) < 4.78 is 0. The van der Waals surface area contributed by atoms with E-state index in [2.05, 4.69) is 36.9 Å². The number of fused-ring (bicyclic) bond motifs is 1. The number of carbonyl (C=O) groups is 2. The largest absolute Gasteiger partial charge is 0.362 e. The molecule has 4 heteroatoms. The molecule has 2 amide bonds. The van der Waals surface area contributed by atoms with Gasteiger partial charge in [0.15, 0.2) is 0 Å². The highest BCUT2D eigenvalue weighted by Gasteiger charge is 2.43. The Morgan fingerprint density at radius 1 is 0.818 bits per heavy atom. The fraction of sp³-hybridized carbons (Fsp3) is 0.241. The maximum absolute atomic E-state index is 13.8. The van der Waals surface area contributed by atoms with Crippen LogP contribution in [0.5, 0.6) is 0 Å². The topological polar surface area (TPSA) is 40.6 Å². The van der Waals surface area contributed by atoms with Gasteiger partial charge in [-0.2, -0.15) is 0 Å². The number of rotatable bonds is 4. The van der Waals surface area contributed by atoms with Crippen LogP contribution in [0.1, 0.15) is 40.3 Å². The summed E-state index contributed by atoms with van der Waals surface area (Å²) >= 11 is 0. The van der Waals surface area contributed by atoms with Gasteiger partial charge in [-0.25, -0.2) is 4.90 Å². The van der Waals surface area contributed by atoms with Crippen molar-refractivity contribution in [2.24, 2.45) is 0 Å². The van der Waals surface area contributed by atoms with Crippen LogP contribution in [0.2, 0.25) is 0 Å². The number of benzene rings is 3. The Morgan fingerprint density at radius 3 is 2.24 bits per heavy atom. The number of anilines is 1. The van der Waals surface area contributed by atoms with Crippen molar-refractivity contribution in [1.29, 1.82) is 0 Å². The number of hydrogen-bond donors (Lipinski definition) is 0. The molecular weight excluding hydrogens is 408 g/mol. The second-order valence-electron chi connectivity index (χ2n) is 8.93. The summed E-state index contributed by atoms with van der Waals surface area (Å²) in [4.78, 5) is 31.0. The van der Waals surface area contributed by atoms with E-state index < -0.39 is 0 Å². The van der Waals surface area contributed by atoms with Gasteiger partial charge < -0.3 is 4.90 Å². The molecule has 0 N–H and O–H groups in total. The van der Waals surface area contributed by atoms with E-state index in [9.17, 15) is 9.59 Å². The van der Waals surface area contributed by atoms with Crippen molar-refractivity contribution in [3.63, 3.8) is 0 Å². The first-order valence-electron chi connectivity index (χ1n) is 11.6. The van der Waals surface area contributed by atoms with Gasteiger partial charge >= 0.3 is 0 Å². The zero-order chi connectivity index (χ0) is 23.1. The van der Waals surface area contributed by atoms with E-state index in [1.807, 2.05) is 55.5 Å². The van der Waals surface area contributed by atoms with Gasteiger partial charge in [0.05, 0.1) is 11.3 Å². The van der Waals surface area contributed by atoms with E-state index >= 15 is 0 Å². The fourth-order valence-corrected chi connectivity index (χ4v) is 4.77. The minimum absolute atomic E-state index is 0.239. The predicted octanol–water partition coefficient (Wildman–Crippen LogP) is 5.21. The minimum Gasteiger partial charge on any atom is -0.362 e. The van der Waals surface area contributed by atoms with E-state index in [0.29, 0.717) is 30.0 Å². The molecule has 3 aromatic rings. The van der Waals surface area contributed by atoms with Gasteiger partial charge in [0.2, 0.25) is 0 Å². The first kappa shape index (κ1) is 21.2. The molecule has 0 aliphatic carbocycles. The first-order chi connectivity index (χ1) is 16.0. The van der Waals surface area contributed by atoms with Crippen LogP contribution in [-0.4, -0.2) is 23.3 Å². The smallest absolute Gasteiger partial charge is 0.282 e. The number of nitrogens with zero attached hydrogens (tertiary/aromatic N) is 2. The van der Waals surface area contributed by atoms with Gasteiger partial charge in [-0.3, -0.25) is 9.59 Å². The van der Waals surface area contributed by atoms with Crippen LogP contribution in [0, 0.1) is 13.8 Å². The SMILES string of the molecule is CCc1ccc(N2C(=O)C(c3ccc(C)c(C)c3)=C(N3CCc4ccccc4C3)C2=O)cc1. The maximum atomic E-state index is 13.8. The molecule has 0 bridgehead atoms. The van der Waals surface area contributed by atoms with Gasteiger partial charge in [-0.1, -0.05) is 61.5 Å². The maximum Gasteiger partial charge on any atom is 0.282 e. The number of imide groups is 1. The third-order valence-electron chi connectivity index (χ3n) is 6.90. The van der Waals surface area contributed by atoms with Gasteiger partial charge in [0.1, 0.15) is 5.70 Å². The molecule has 2 aliphatic rings. The summed E-state index contributed by atoms with van der Waals surface area (Å²) in [5.74, 6) is -0.488. The third kappa shape index (κ3) is 3.66. The van der Waals surface area contributed by atoms with Crippen LogP contribution in [0.4, 0.5) is 5.69 Å². The van der Waals surface area contributed by atoms with Crippen molar-refractivity contribution in [1.82, 2.24) is 4.90 Å². The lowest BCUT2D eigenvalue weighted by atomic mass is 9.96. The molecule has 0 fully saturated rings. The molecule has 0 radical (unpaired) electrons. The van der Waals surface area contributed by atoms with E-state index in [1.54, 1.807) is 0 Å². The summed E-state index contributed by atoms with van der Waals surface area (Å²) in [5, 5.41) is 0. The Bertz CT molecular complexity index is 1290. The molecule has 0 unspecified atom stereocenters. The van der Waals surface area contributed by atoms with E-state index in [1.165, 1.54) is 21.6 Å². The summed E-state index contributed by atoms with van der Waals surface area (Å²) in [6.45, 7) is 7.52. The van der Waals surface area contributed by atoms with E-state index in [-0.39, 0.29) is 11.8 Å². The highest BCUT2D eigenvalue weighted by Crippen LogP contribution is 2.37. The lowest BCUT2D eigenvalue weighted by molar-refractivity contribution is -0.120. The molecule has 3 aromatic carbocycles. The van der Waals surface area contributed by atoms with Crippen LogP contribution in [-0.2, 0) is 29.0 Å². The van der Waals surface area contributed by atoms with Crippen molar-refractivity contribution in [2.75, 3.05) is 11.4 Å². The van der Waals surface area contributed by atoms with Crippen LogP contribution in [0.15, 0.2) is 72.4 Å². The average Bonchev–Trinajstić information content (AvgIpc) is 3.10. The van der Waals surface area contributed by atoms with E-state index in [4.69, 9.17) is 0 Å².